The van der Waals surface area contributed by atoms with E-state index >= 15 is 0 Å². The Morgan fingerprint density at radius 1 is 1.15 bits per heavy atom. The summed E-state index contributed by atoms with van der Waals surface area (Å²) in [5, 5.41) is 13.7. The Morgan fingerprint density at radius 2 is 2.00 bits per heavy atom. The van der Waals surface area contributed by atoms with Gasteiger partial charge in [0.15, 0.2) is 0 Å². The summed E-state index contributed by atoms with van der Waals surface area (Å²) >= 11 is 5.88. The quantitative estimate of drug-likeness (QED) is 0.703. The molecule has 0 aliphatic heterocycles. The number of phenols is 1. The number of hydrogen-bond acceptors (Lipinski definition) is 4. The molecule has 100 valence electrons. The summed E-state index contributed by atoms with van der Waals surface area (Å²) in [4.78, 5) is 7.98. The molecule has 0 saturated heterocycles. The molecule has 0 fully saturated rings. The summed E-state index contributed by atoms with van der Waals surface area (Å²) in [6.07, 6.45) is 1.26. The number of anilines is 2. The molecule has 1 heterocycles. The SMILES string of the molecule is Oc1ccc(Cl)cc1Nc1ncnc2c(F)cccc12. The Labute approximate surface area is 118 Å². The van der Waals surface area contributed by atoms with Crippen LogP contribution in [0, 0.1) is 5.82 Å². The lowest BCUT2D eigenvalue weighted by atomic mass is 10.2. The van der Waals surface area contributed by atoms with Gasteiger partial charge in [-0.05, 0) is 30.3 Å². The van der Waals surface area contributed by atoms with Crippen LogP contribution >= 0.6 is 11.6 Å². The molecule has 0 unspecified atom stereocenters. The monoisotopic (exact) mass is 289 g/mol. The molecule has 6 heteroatoms. The number of aromatic nitrogens is 2. The van der Waals surface area contributed by atoms with E-state index in [4.69, 9.17) is 11.6 Å². The maximum absolute atomic E-state index is 13.7. The second-order valence-electron chi connectivity index (χ2n) is 4.14. The standard InChI is InChI=1S/C14H9ClFN3O/c15-8-4-5-12(20)11(6-8)19-14-9-2-1-3-10(16)13(9)17-7-18-14/h1-7,20H,(H,17,18,19). The molecule has 20 heavy (non-hydrogen) atoms. The lowest BCUT2D eigenvalue weighted by molar-refractivity contribution is 0.478. The fourth-order valence-corrected chi connectivity index (χ4v) is 2.06. The average Bonchev–Trinajstić information content (AvgIpc) is 2.44. The van der Waals surface area contributed by atoms with E-state index in [1.54, 1.807) is 24.3 Å². The topological polar surface area (TPSA) is 58.0 Å². The smallest absolute Gasteiger partial charge is 0.149 e. The van der Waals surface area contributed by atoms with Crippen LogP contribution in [0.2, 0.25) is 5.02 Å². The summed E-state index contributed by atoms with van der Waals surface area (Å²) in [5.74, 6) is -0.00658. The van der Waals surface area contributed by atoms with Crippen molar-refractivity contribution < 1.29 is 9.50 Å². The highest BCUT2D eigenvalue weighted by atomic mass is 35.5. The predicted molar refractivity (Wildman–Crippen MR) is 75.9 cm³/mol. The van der Waals surface area contributed by atoms with Crippen molar-refractivity contribution in [1.82, 2.24) is 9.97 Å². The van der Waals surface area contributed by atoms with Crippen LogP contribution < -0.4 is 5.32 Å². The Balaban J connectivity index is 2.11. The molecule has 2 N–H and O–H groups in total. The number of hydrogen-bond donors (Lipinski definition) is 2. The molecule has 0 saturated carbocycles. The van der Waals surface area contributed by atoms with Crippen LogP contribution in [0.4, 0.5) is 15.9 Å². The van der Waals surface area contributed by atoms with Gasteiger partial charge in [-0.1, -0.05) is 17.7 Å². The van der Waals surface area contributed by atoms with E-state index in [2.05, 4.69) is 15.3 Å². The first kappa shape index (κ1) is 12.6. The summed E-state index contributed by atoms with van der Waals surface area (Å²) in [6, 6.07) is 9.20. The number of aromatic hydroxyl groups is 1. The minimum atomic E-state index is -0.428. The normalized spacial score (nSPS) is 10.7. The van der Waals surface area contributed by atoms with Crippen molar-refractivity contribution in [3.8, 4) is 5.75 Å². The lowest BCUT2D eigenvalue weighted by Crippen LogP contribution is -1.97. The van der Waals surface area contributed by atoms with Crippen molar-refractivity contribution in [1.29, 1.82) is 0 Å². The number of rotatable bonds is 2. The van der Waals surface area contributed by atoms with Gasteiger partial charge in [0.1, 0.15) is 29.2 Å². The molecule has 3 aromatic rings. The van der Waals surface area contributed by atoms with Crippen LogP contribution in [-0.4, -0.2) is 15.1 Å². The molecule has 2 aromatic carbocycles. The molecule has 0 aliphatic carbocycles. The largest absolute Gasteiger partial charge is 0.506 e. The van der Waals surface area contributed by atoms with Gasteiger partial charge < -0.3 is 10.4 Å². The van der Waals surface area contributed by atoms with E-state index < -0.39 is 5.82 Å². The molecule has 0 bridgehead atoms. The number of nitrogens with one attached hydrogen (secondary N) is 1. The molecule has 0 aliphatic rings. The second-order valence-corrected chi connectivity index (χ2v) is 4.58. The van der Waals surface area contributed by atoms with Crippen LogP contribution in [0.25, 0.3) is 10.9 Å². The zero-order valence-corrected chi connectivity index (χ0v) is 10.9. The third kappa shape index (κ3) is 2.23. The van der Waals surface area contributed by atoms with E-state index in [1.165, 1.54) is 18.5 Å². The Kier molecular flexibility index (Phi) is 3.12. The van der Waals surface area contributed by atoms with Crippen molar-refractivity contribution in [2.24, 2.45) is 0 Å². The molecule has 3 rings (SSSR count). The van der Waals surface area contributed by atoms with Gasteiger partial charge >= 0.3 is 0 Å². The second kappa shape index (κ2) is 4.94. The molecule has 0 radical (unpaired) electrons. The minimum absolute atomic E-state index is 0.0255. The summed E-state index contributed by atoms with van der Waals surface area (Å²) in [5.41, 5.74) is 0.605. The van der Waals surface area contributed by atoms with Crippen LogP contribution in [0.1, 0.15) is 0 Å². The van der Waals surface area contributed by atoms with Crippen LogP contribution in [0.3, 0.4) is 0 Å². The first-order chi connectivity index (χ1) is 9.65. The van der Waals surface area contributed by atoms with Gasteiger partial charge in [0.25, 0.3) is 0 Å². The lowest BCUT2D eigenvalue weighted by Gasteiger charge is -2.10. The van der Waals surface area contributed by atoms with E-state index in [9.17, 15) is 9.50 Å². The van der Waals surface area contributed by atoms with Crippen LogP contribution in [0.5, 0.6) is 5.75 Å². The molecule has 4 nitrogen and oxygen atoms in total. The number of halogens is 2. The van der Waals surface area contributed by atoms with Gasteiger partial charge in [-0.3, -0.25) is 0 Å². The molecule has 0 spiro atoms. The molecule has 0 amide bonds. The molecular formula is C14H9ClFN3O. The van der Waals surface area contributed by atoms with Gasteiger partial charge in [0.05, 0.1) is 5.69 Å². The summed E-state index contributed by atoms with van der Waals surface area (Å²) < 4.78 is 13.7. The fourth-order valence-electron chi connectivity index (χ4n) is 1.89. The first-order valence-electron chi connectivity index (χ1n) is 5.80. The summed E-state index contributed by atoms with van der Waals surface area (Å²) in [6.45, 7) is 0. The predicted octanol–water partition coefficient (Wildman–Crippen LogP) is 3.87. The highest BCUT2D eigenvalue weighted by molar-refractivity contribution is 6.31. The summed E-state index contributed by atoms with van der Waals surface area (Å²) in [7, 11) is 0. The van der Waals surface area contributed by atoms with E-state index in [1.807, 2.05) is 0 Å². The zero-order chi connectivity index (χ0) is 14.1. The van der Waals surface area contributed by atoms with E-state index in [0.29, 0.717) is 21.9 Å². The average molecular weight is 290 g/mol. The molecule has 0 atom stereocenters. The van der Waals surface area contributed by atoms with E-state index in [0.717, 1.165) is 0 Å². The van der Waals surface area contributed by atoms with Crippen LogP contribution in [0.15, 0.2) is 42.7 Å². The fraction of sp³-hybridized carbons (Fsp3) is 0. The van der Waals surface area contributed by atoms with Gasteiger partial charge in [-0.2, -0.15) is 0 Å². The van der Waals surface area contributed by atoms with Crippen molar-refractivity contribution in [3.63, 3.8) is 0 Å². The van der Waals surface area contributed by atoms with Gasteiger partial charge in [-0.25, -0.2) is 14.4 Å². The minimum Gasteiger partial charge on any atom is -0.506 e. The van der Waals surface area contributed by atoms with Gasteiger partial charge in [0.2, 0.25) is 0 Å². The Hall–Kier alpha value is -2.40. The highest BCUT2D eigenvalue weighted by Gasteiger charge is 2.09. The van der Waals surface area contributed by atoms with Gasteiger partial charge in [0, 0.05) is 10.4 Å². The van der Waals surface area contributed by atoms with Gasteiger partial charge in [-0.15, -0.1) is 0 Å². The van der Waals surface area contributed by atoms with Crippen molar-refractivity contribution in [3.05, 3.63) is 53.6 Å². The number of phenolic OH excluding ortho intramolecular Hbond substituents is 1. The third-order valence-electron chi connectivity index (χ3n) is 2.83. The maximum Gasteiger partial charge on any atom is 0.149 e. The highest BCUT2D eigenvalue weighted by Crippen LogP contribution is 2.31. The maximum atomic E-state index is 13.7. The zero-order valence-electron chi connectivity index (χ0n) is 10.1. The number of fused-ring (bicyclic) bond motifs is 1. The van der Waals surface area contributed by atoms with Crippen molar-refractivity contribution >= 4 is 34.0 Å². The third-order valence-corrected chi connectivity index (χ3v) is 3.06. The number of para-hydroxylation sites is 1. The number of benzene rings is 2. The molecular weight excluding hydrogens is 281 g/mol. The Bertz CT molecular complexity index is 794. The number of nitrogens with zero attached hydrogens (tertiary/aromatic N) is 2. The molecule has 1 aromatic heterocycles. The first-order valence-corrected chi connectivity index (χ1v) is 6.18. The van der Waals surface area contributed by atoms with Crippen molar-refractivity contribution in [2.75, 3.05) is 5.32 Å². The Morgan fingerprint density at radius 3 is 2.85 bits per heavy atom. The van der Waals surface area contributed by atoms with E-state index in [-0.39, 0.29) is 11.3 Å². The van der Waals surface area contributed by atoms with Crippen molar-refractivity contribution in [2.45, 2.75) is 0 Å². The van der Waals surface area contributed by atoms with Crippen LogP contribution in [-0.2, 0) is 0 Å².